The van der Waals surface area contributed by atoms with Crippen LogP contribution in [0.3, 0.4) is 0 Å². The lowest BCUT2D eigenvalue weighted by atomic mass is 9.96. The Bertz CT molecular complexity index is 630. The van der Waals surface area contributed by atoms with E-state index < -0.39 is 0 Å². The van der Waals surface area contributed by atoms with E-state index in [1.807, 2.05) is 37.3 Å². The van der Waals surface area contributed by atoms with Crippen LogP contribution in [0, 0.1) is 5.92 Å². The number of fused-ring (bicyclic) bond motifs is 1. The molecule has 2 aliphatic rings. The van der Waals surface area contributed by atoms with E-state index >= 15 is 0 Å². The Kier molecular flexibility index (Phi) is 4.65. The zero-order valence-corrected chi connectivity index (χ0v) is 13.3. The first-order valence-corrected chi connectivity index (χ1v) is 8.07. The van der Waals surface area contributed by atoms with Crippen LogP contribution in [0.25, 0.3) is 6.08 Å². The predicted octanol–water partition coefficient (Wildman–Crippen LogP) is 2.26. The van der Waals surface area contributed by atoms with Gasteiger partial charge in [-0.1, -0.05) is 18.2 Å². The van der Waals surface area contributed by atoms with Crippen LogP contribution in [0.5, 0.6) is 5.75 Å². The number of para-hydroxylation sites is 1. The van der Waals surface area contributed by atoms with Gasteiger partial charge in [0.15, 0.2) is 0 Å². The van der Waals surface area contributed by atoms with Crippen LogP contribution in [-0.2, 0) is 14.3 Å². The molecule has 0 N–H and O–H groups in total. The maximum absolute atomic E-state index is 12.6. The highest BCUT2D eigenvalue weighted by atomic mass is 16.5. The predicted molar refractivity (Wildman–Crippen MR) is 85.9 cm³/mol. The summed E-state index contributed by atoms with van der Waals surface area (Å²) in [5.41, 5.74) is 1.60. The number of likely N-dealkylation sites (tertiary alicyclic amines) is 1. The molecular formula is C18H21NO4. The standard InChI is InChI=1S/C18H21NO4/c1-2-22-18(21)13-7-9-19(10-8-13)17(20)15-11-14-5-3-4-6-16(14)23-12-15/h3-6,11,13H,2,7-10,12H2,1H3. The largest absolute Gasteiger partial charge is 0.488 e. The normalized spacial score (nSPS) is 17.8. The molecule has 1 fully saturated rings. The number of carbonyl (C=O) groups is 2. The van der Waals surface area contributed by atoms with Crippen molar-refractivity contribution in [1.29, 1.82) is 0 Å². The fourth-order valence-corrected chi connectivity index (χ4v) is 3.02. The molecule has 5 nitrogen and oxygen atoms in total. The molecule has 2 heterocycles. The molecule has 0 saturated carbocycles. The second kappa shape index (κ2) is 6.86. The maximum atomic E-state index is 12.6. The van der Waals surface area contributed by atoms with Crippen LogP contribution in [0.4, 0.5) is 0 Å². The monoisotopic (exact) mass is 315 g/mol. The number of benzene rings is 1. The van der Waals surface area contributed by atoms with Gasteiger partial charge in [0.2, 0.25) is 0 Å². The number of amides is 1. The van der Waals surface area contributed by atoms with Crippen LogP contribution < -0.4 is 4.74 Å². The van der Waals surface area contributed by atoms with Crippen molar-refractivity contribution >= 4 is 18.0 Å². The van der Waals surface area contributed by atoms with Crippen LogP contribution in [-0.4, -0.2) is 43.1 Å². The molecule has 1 amide bonds. The lowest BCUT2D eigenvalue weighted by Gasteiger charge is -2.32. The minimum absolute atomic E-state index is 0.00168. The Morgan fingerprint density at radius 1 is 1.26 bits per heavy atom. The molecule has 3 rings (SSSR count). The summed E-state index contributed by atoms with van der Waals surface area (Å²) >= 11 is 0. The molecule has 0 bridgehead atoms. The van der Waals surface area contributed by atoms with Crippen molar-refractivity contribution in [1.82, 2.24) is 4.90 Å². The Labute approximate surface area is 135 Å². The highest BCUT2D eigenvalue weighted by Gasteiger charge is 2.30. The van der Waals surface area contributed by atoms with Gasteiger partial charge in [-0.25, -0.2) is 0 Å². The number of rotatable bonds is 3. The molecule has 1 aromatic carbocycles. The number of esters is 1. The summed E-state index contributed by atoms with van der Waals surface area (Å²) in [5.74, 6) is 0.580. The molecule has 0 radical (unpaired) electrons. The van der Waals surface area contributed by atoms with E-state index in [0.717, 1.165) is 11.3 Å². The van der Waals surface area contributed by atoms with E-state index in [9.17, 15) is 9.59 Å². The number of carbonyl (C=O) groups excluding carboxylic acids is 2. The van der Waals surface area contributed by atoms with E-state index in [0.29, 0.717) is 44.7 Å². The van der Waals surface area contributed by atoms with Crippen molar-refractivity contribution in [2.24, 2.45) is 5.92 Å². The first-order chi connectivity index (χ1) is 11.2. The van der Waals surface area contributed by atoms with Crippen LogP contribution in [0.2, 0.25) is 0 Å². The summed E-state index contributed by atoms with van der Waals surface area (Å²) in [4.78, 5) is 26.2. The molecule has 0 unspecified atom stereocenters. The van der Waals surface area contributed by atoms with Crippen molar-refractivity contribution in [3.8, 4) is 5.75 Å². The van der Waals surface area contributed by atoms with Crippen molar-refractivity contribution < 1.29 is 19.1 Å². The van der Waals surface area contributed by atoms with Gasteiger partial charge in [-0.15, -0.1) is 0 Å². The third-order valence-corrected chi connectivity index (χ3v) is 4.31. The van der Waals surface area contributed by atoms with E-state index in [1.165, 1.54) is 0 Å². The van der Waals surface area contributed by atoms with Gasteiger partial charge in [-0.2, -0.15) is 0 Å². The Balaban J connectivity index is 1.62. The quantitative estimate of drug-likeness (QED) is 0.803. The van der Waals surface area contributed by atoms with Gasteiger partial charge in [0.1, 0.15) is 12.4 Å². The Morgan fingerprint density at radius 3 is 2.74 bits per heavy atom. The van der Waals surface area contributed by atoms with E-state index in [-0.39, 0.29) is 17.8 Å². The highest BCUT2D eigenvalue weighted by molar-refractivity contribution is 5.99. The lowest BCUT2D eigenvalue weighted by Crippen LogP contribution is -2.42. The summed E-state index contributed by atoms with van der Waals surface area (Å²) in [5, 5.41) is 0. The molecule has 2 aliphatic heterocycles. The third kappa shape index (κ3) is 3.38. The van der Waals surface area contributed by atoms with Crippen LogP contribution in [0.15, 0.2) is 29.8 Å². The Morgan fingerprint density at radius 2 is 2.00 bits per heavy atom. The second-order valence-corrected chi connectivity index (χ2v) is 5.81. The van der Waals surface area contributed by atoms with Gasteiger partial charge < -0.3 is 14.4 Å². The fraction of sp³-hybridized carbons (Fsp3) is 0.444. The number of hydrogen-bond donors (Lipinski definition) is 0. The van der Waals surface area contributed by atoms with Crippen molar-refractivity contribution in [2.45, 2.75) is 19.8 Å². The molecule has 0 aliphatic carbocycles. The van der Waals surface area contributed by atoms with Gasteiger partial charge in [0.05, 0.1) is 18.1 Å². The zero-order chi connectivity index (χ0) is 16.2. The average Bonchev–Trinajstić information content (AvgIpc) is 2.61. The summed E-state index contributed by atoms with van der Waals surface area (Å²) in [6, 6.07) is 7.68. The lowest BCUT2D eigenvalue weighted by molar-refractivity contribution is -0.150. The number of hydrogen-bond acceptors (Lipinski definition) is 4. The average molecular weight is 315 g/mol. The highest BCUT2D eigenvalue weighted by Crippen LogP contribution is 2.27. The maximum Gasteiger partial charge on any atom is 0.309 e. The molecule has 122 valence electrons. The number of ether oxygens (including phenoxy) is 2. The molecular weight excluding hydrogens is 294 g/mol. The van der Waals surface area contributed by atoms with E-state index in [1.54, 1.807) is 4.90 Å². The molecule has 0 spiro atoms. The number of piperidine rings is 1. The van der Waals surface area contributed by atoms with Gasteiger partial charge in [-0.05, 0) is 31.9 Å². The molecule has 0 aromatic heterocycles. The molecule has 1 aromatic rings. The molecule has 1 saturated heterocycles. The molecule has 5 heteroatoms. The third-order valence-electron chi connectivity index (χ3n) is 4.31. The van der Waals surface area contributed by atoms with Crippen LogP contribution >= 0.6 is 0 Å². The fourth-order valence-electron chi connectivity index (χ4n) is 3.02. The van der Waals surface area contributed by atoms with Gasteiger partial charge in [-0.3, -0.25) is 9.59 Å². The van der Waals surface area contributed by atoms with Crippen molar-refractivity contribution in [2.75, 3.05) is 26.3 Å². The summed E-state index contributed by atoms with van der Waals surface area (Å²) in [7, 11) is 0. The summed E-state index contributed by atoms with van der Waals surface area (Å²) in [6.45, 7) is 3.68. The van der Waals surface area contributed by atoms with Gasteiger partial charge in [0, 0.05) is 18.7 Å². The molecule has 23 heavy (non-hydrogen) atoms. The van der Waals surface area contributed by atoms with Crippen LogP contribution in [0.1, 0.15) is 25.3 Å². The minimum atomic E-state index is -0.145. The van der Waals surface area contributed by atoms with Gasteiger partial charge >= 0.3 is 5.97 Å². The smallest absolute Gasteiger partial charge is 0.309 e. The second-order valence-electron chi connectivity index (χ2n) is 5.81. The zero-order valence-electron chi connectivity index (χ0n) is 13.3. The van der Waals surface area contributed by atoms with Gasteiger partial charge in [0.25, 0.3) is 5.91 Å². The SMILES string of the molecule is CCOC(=O)C1CCN(C(=O)C2=Cc3ccccc3OC2)CC1. The minimum Gasteiger partial charge on any atom is -0.488 e. The number of nitrogens with zero attached hydrogens (tertiary/aromatic N) is 1. The topological polar surface area (TPSA) is 55.8 Å². The first kappa shape index (κ1) is 15.6. The van der Waals surface area contributed by atoms with Crippen molar-refractivity contribution in [3.05, 3.63) is 35.4 Å². The summed E-state index contributed by atoms with van der Waals surface area (Å²) in [6.07, 6.45) is 3.23. The van der Waals surface area contributed by atoms with E-state index in [4.69, 9.17) is 9.47 Å². The van der Waals surface area contributed by atoms with Crippen molar-refractivity contribution in [3.63, 3.8) is 0 Å². The van der Waals surface area contributed by atoms with E-state index in [2.05, 4.69) is 0 Å². The molecule has 0 atom stereocenters. The Hall–Kier alpha value is -2.30. The first-order valence-electron chi connectivity index (χ1n) is 8.07. The summed E-state index contributed by atoms with van der Waals surface area (Å²) < 4.78 is 10.7.